The maximum atomic E-state index is 10.8. The molecule has 0 heterocycles. The van der Waals surface area contributed by atoms with Crippen molar-refractivity contribution in [2.45, 2.75) is 64.2 Å². The Labute approximate surface area is 190 Å². The van der Waals surface area contributed by atoms with Crippen LogP contribution in [0.1, 0.15) is 64.2 Å². The van der Waals surface area contributed by atoms with E-state index < -0.39 is 11.9 Å². The van der Waals surface area contributed by atoms with E-state index in [1.54, 1.807) is 0 Å². The second kappa shape index (κ2) is 14.8. The molecule has 0 aromatic rings. The molecule has 0 saturated carbocycles. The number of carboxylic acid groups (broad SMARTS) is 2. The van der Waals surface area contributed by atoms with Crippen LogP contribution in [0.25, 0.3) is 0 Å². The van der Waals surface area contributed by atoms with E-state index >= 15 is 0 Å². The van der Waals surface area contributed by atoms with Crippen LogP contribution in [0.15, 0.2) is 0 Å². The van der Waals surface area contributed by atoms with Crippen molar-refractivity contribution in [2.24, 2.45) is 0 Å². The second-order valence-corrected chi connectivity index (χ2v) is 10.7. The van der Waals surface area contributed by atoms with E-state index in [9.17, 15) is 9.59 Å². The van der Waals surface area contributed by atoms with Crippen LogP contribution in [0.2, 0.25) is 0.0249 Å². The molecule has 0 rings (SSSR count). The predicted molar refractivity (Wildman–Crippen MR) is 80.4 cm³/mol. The van der Waals surface area contributed by atoms with E-state index in [0.29, 0.717) is 55.4 Å². The molecular formula is C14H24K2O4. The molecule has 106 valence electrons. The van der Waals surface area contributed by atoms with Gasteiger partial charge in [-0.3, -0.25) is 0 Å². The summed E-state index contributed by atoms with van der Waals surface area (Å²) in [7, 11) is 0. The number of rotatable bonds is 13. The van der Waals surface area contributed by atoms with Gasteiger partial charge in [-0.15, -0.1) is 0 Å². The fourth-order valence-corrected chi connectivity index (χ4v) is 7.77. The van der Waals surface area contributed by atoms with Crippen molar-refractivity contribution in [3.05, 3.63) is 0 Å². The van der Waals surface area contributed by atoms with E-state index in [1.165, 1.54) is 32.1 Å². The van der Waals surface area contributed by atoms with E-state index in [0.717, 1.165) is 74.6 Å². The number of aliphatic carboxylic acids is 2. The van der Waals surface area contributed by atoms with Crippen molar-refractivity contribution >= 4 is 110 Å². The standard InChI is InChI=1S/C14H24O4.2K/c15-13(16)11-9-7-5-3-1-2-4-6-8-10-12-14(17)18;;/h7,11H,1-6,8-10,12H2,(H,15,16)(H,17,18);;. The molecule has 0 aliphatic rings. The van der Waals surface area contributed by atoms with E-state index in [-0.39, 0.29) is 0.0125 Å². The summed E-state index contributed by atoms with van der Waals surface area (Å²) in [5, 5.41) is 17.4. The topological polar surface area (TPSA) is 74.6 Å². The molecule has 0 aliphatic heterocycles. The third-order valence-electron chi connectivity index (χ3n) is 3.77. The Kier molecular flexibility index (Phi) is 16.4. The van der Waals surface area contributed by atoms with Gasteiger partial charge in [-0.1, -0.05) is 0 Å². The summed E-state index contributed by atoms with van der Waals surface area (Å²) in [5.41, 5.74) is 0. The van der Waals surface area contributed by atoms with Crippen molar-refractivity contribution in [3.8, 4) is 0 Å². The first-order valence-corrected chi connectivity index (χ1v) is 11.5. The van der Waals surface area contributed by atoms with Crippen LogP contribution in [0, 0.1) is 0 Å². The molecule has 0 aliphatic carbocycles. The Morgan fingerprint density at radius 3 is 1.85 bits per heavy atom. The molecule has 0 aromatic heterocycles. The van der Waals surface area contributed by atoms with Gasteiger partial charge < -0.3 is 0 Å². The molecule has 4 nitrogen and oxygen atoms in total. The monoisotopic (exact) mass is 334 g/mol. The van der Waals surface area contributed by atoms with E-state index in [1.807, 2.05) is 0 Å². The molecule has 0 saturated heterocycles. The predicted octanol–water partition coefficient (Wildman–Crippen LogP) is 2.97. The van der Waals surface area contributed by atoms with Crippen molar-refractivity contribution in [2.75, 3.05) is 0 Å². The normalized spacial score (nSPS) is 14.0. The van der Waals surface area contributed by atoms with E-state index in [2.05, 4.69) is 0 Å². The average molecular weight is 335 g/mol. The number of carboxylic acids is 2. The molecular weight excluding hydrogens is 310 g/mol. The van der Waals surface area contributed by atoms with Crippen LogP contribution in [0.4, 0.5) is 0 Å². The molecule has 2 N–H and O–H groups in total. The molecule has 0 fully saturated rings. The van der Waals surface area contributed by atoms with Crippen LogP contribution in [-0.4, -0.2) is 120 Å². The van der Waals surface area contributed by atoms with Gasteiger partial charge in [0, 0.05) is 0 Å². The average Bonchev–Trinajstić information content (AvgIpc) is 2.36. The van der Waals surface area contributed by atoms with Gasteiger partial charge in [0.25, 0.3) is 0 Å². The van der Waals surface area contributed by atoms with Crippen LogP contribution in [0.3, 0.4) is 0 Å². The quantitative estimate of drug-likeness (QED) is 0.401. The molecule has 0 radical (unpaired) electrons. The van der Waals surface area contributed by atoms with Crippen LogP contribution in [0.5, 0.6) is 0 Å². The fraction of sp³-hybridized carbons (Fsp3) is 0.857. The first-order chi connectivity index (χ1) is 9.43. The van der Waals surface area contributed by atoms with Crippen molar-refractivity contribution in [1.82, 2.24) is 0 Å². The third kappa shape index (κ3) is 15.1. The van der Waals surface area contributed by atoms with Crippen molar-refractivity contribution in [1.29, 1.82) is 0 Å². The fourth-order valence-electron chi connectivity index (χ4n) is 2.48. The van der Waals surface area contributed by atoms with Gasteiger partial charge in [0.15, 0.2) is 0 Å². The number of carbonyl (C=O) groups is 2. The summed E-state index contributed by atoms with van der Waals surface area (Å²) in [4.78, 5) is 21.1. The zero-order valence-corrected chi connectivity index (χ0v) is 19.2. The molecule has 0 amide bonds. The van der Waals surface area contributed by atoms with Crippen LogP contribution < -0.4 is 0 Å². The third-order valence-corrected chi connectivity index (χ3v) is 6.91. The SMILES string of the molecule is O=C(O)CCCCCCCCC[CH]([K])C[CH]([K])C(=O)O. The van der Waals surface area contributed by atoms with E-state index in [4.69, 9.17) is 10.2 Å². The van der Waals surface area contributed by atoms with Crippen molar-refractivity contribution < 1.29 is 19.8 Å². The zero-order valence-electron chi connectivity index (χ0n) is 12.9. The summed E-state index contributed by atoms with van der Waals surface area (Å²) in [5.74, 6) is -1.27. The van der Waals surface area contributed by atoms with Gasteiger partial charge in [-0.25, -0.2) is 0 Å². The molecule has 2 atom stereocenters. The van der Waals surface area contributed by atoms with Gasteiger partial charge in [-0.2, -0.15) is 0 Å². The van der Waals surface area contributed by atoms with Crippen LogP contribution in [-0.2, 0) is 9.59 Å². The Balaban J connectivity index is 3.31. The summed E-state index contributed by atoms with van der Waals surface area (Å²) in [6.07, 6.45) is 10.4. The molecule has 2 unspecified atom stereocenters. The summed E-state index contributed by atoms with van der Waals surface area (Å²) < 4.78 is 0.715. The summed E-state index contributed by atoms with van der Waals surface area (Å²) in [6.45, 7) is 0. The minimum absolute atomic E-state index is 0.00244. The number of unbranched alkanes of at least 4 members (excludes halogenated alkanes) is 6. The summed E-state index contributed by atoms with van der Waals surface area (Å²) in [6, 6.07) is 0. The number of hydrogen-bond donors (Lipinski definition) is 2. The molecule has 6 heteroatoms. The Morgan fingerprint density at radius 1 is 0.850 bits per heavy atom. The Bertz CT molecular complexity index is 284. The maximum absolute atomic E-state index is 10.8. The molecule has 0 bridgehead atoms. The second-order valence-electron chi connectivity index (χ2n) is 5.99. The first-order valence-electron chi connectivity index (χ1n) is 7.88. The van der Waals surface area contributed by atoms with Gasteiger partial charge in [0.05, 0.1) is 0 Å². The number of hydrogen-bond acceptors (Lipinski definition) is 2. The zero-order chi connectivity index (χ0) is 15.4. The Hall–Kier alpha value is 2.21. The van der Waals surface area contributed by atoms with Crippen LogP contribution >= 0.6 is 0 Å². The van der Waals surface area contributed by atoms with Gasteiger partial charge >= 0.3 is 194 Å². The van der Waals surface area contributed by atoms with Gasteiger partial charge in [-0.05, 0) is 0 Å². The molecule has 20 heavy (non-hydrogen) atoms. The minimum atomic E-state index is -0.690. The van der Waals surface area contributed by atoms with Gasteiger partial charge in [0.2, 0.25) is 0 Å². The Morgan fingerprint density at radius 2 is 1.35 bits per heavy atom. The molecule has 0 spiro atoms. The summed E-state index contributed by atoms with van der Waals surface area (Å²) >= 11 is 1.15. The first kappa shape index (κ1) is 22.2. The molecule has 0 aromatic carbocycles. The van der Waals surface area contributed by atoms with Crippen molar-refractivity contribution in [3.63, 3.8) is 0 Å². The van der Waals surface area contributed by atoms with Gasteiger partial charge in [0.1, 0.15) is 0 Å².